The number of nitrogen functional groups attached to an aromatic ring is 1. The molecule has 0 fully saturated rings. The third kappa shape index (κ3) is 4.03. The molecule has 3 N–H and O–H groups in total. The topological polar surface area (TPSA) is 89.3 Å². The Hall–Kier alpha value is -1.56. The van der Waals surface area contributed by atoms with Gasteiger partial charge in [-0.05, 0) is 31.5 Å². The summed E-state index contributed by atoms with van der Waals surface area (Å²) in [5, 5.41) is 2.62. The highest BCUT2D eigenvalue weighted by Crippen LogP contribution is 2.14. The van der Waals surface area contributed by atoms with Gasteiger partial charge < -0.3 is 11.1 Å². The highest BCUT2D eigenvalue weighted by atomic mass is 32.2. The fraction of sp³-hybridized carbons (Fsp3) is 0.417. The van der Waals surface area contributed by atoms with Gasteiger partial charge in [0.15, 0.2) is 9.84 Å². The number of nitrogens with two attached hydrogens (primary N) is 1. The molecule has 6 heteroatoms. The average Bonchev–Trinajstić information content (AvgIpc) is 2.28. The summed E-state index contributed by atoms with van der Waals surface area (Å²) in [6.45, 7) is 3.74. The van der Waals surface area contributed by atoms with Crippen LogP contribution < -0.4 is 11.1 Å². The fourth-order valence-electron chi connectivity index (χ4n) is 1.38. The van der Waals surface area contributed by atoms with Crippen molar-refractivity contribution in [2.75, 3.05) is 11.5 Å². The van der Waals surface area contributed by atoms with E-state index in [0.29, 0.717) is 5.69 Å². The summed E-state index contributed by atoms with van der Waals surface area (Å²) in [7, 11) is -3.63. The number of carbonyl (C=O) groups excluding carboxylic acids is 1. The van der Waals surface area contributed by atoms with Crippen molar-refractivity contribution >= 4 is 21.4 Å². The molecule has 0 radical (unpaired) electrons. The molecule has 0 aliphatic rings. The fourth-order valence-corrected chi connectivity index (χ4v) is 2.58. The van der Waals surface area contributed by atoms with Crippen molar-refractivity contribution in [3.05, 3.63) is 24.3 Å². The molecule has 0 aliphatic carbocycles. The van der Waals surface area contributed by atoms with E-state index in [1.165, 1.54) is 12.1 Å². The molecule has 0 saturated heterocycles. The molecule has 1 aromatic carbocycles. The summed E-state index contributed by atoms with van der Waals surface area (Å²) in [5.74, 6) is -1.05. The minimum atomic E-state index is -3.63. The zero-order chi connectivity index (χ0) is 13.8. The van der Waals surface area contributed by atoms with Crippen LogP contribution >= 0.6 is 0 Å². The Balaban J connectivity index is 2.80. The second-order valence-corrected chi connectivity index (χ2v) is 6.20. The first-order valence-electron chi connectivity index (χ1n) is 5.73. The zero-order valence-electron chi connectivity index (χ0n) is 10.5. The summed E-state index contributed by atoms with van der Waals surface area (Å²) >= 11 is 0. The quantitative estimate of drug-likeness (QED) is 0.780. The van der Waals surface area contributed by atoms with Crippen molar-refractivity contribution in [1.29, 1.82) is 0 Å². The number of sulfone groups is 1. The largest absolute Gasteiger partial charge is 0.399 e. The van der Waals surface area contributed by atoms with Crippen LogP contribution in [0.5, 0.6) is 0 Å². The third-order valence-electron chi connectivity index (χ3n) is 2.56. The maximum Gasteiger partial charge on any atom is 0.235 e. The van der Waals surface area contributed by atoms with Crippen LogP contribution in [0.3, 0.4) is 0 Å². The van der Waals surface area contributed by atoms with Gasteiger partial charge in [-0.25, -0.2) is 8.42 Å². The molecule has 0 aromatic heterocycles. The average molecular weight is 270 g/mol. The summed E-state index contributed by atoms with van der Waals surface area (Å²) in [4.78, 5) is 11.6. The molecule has 1 atom stereocenters. The molecular weight excluding hydrogens is 252 g/mol. The van der Waals surface area contributed by atoms with Crippen molar-refractivity contribution in [2.24, 2.45) is 0 Å². The number of hydrogen-bond acceptors (Lipinski definition) is 4. The minimum Gasteiger partial charge on any atom is -0.399 e. The molecule has 0 saturated carbocycles. The third-order valence-corrected chi connectivity index (χ3v) is 4.17. The van der Waals surface area contributed by atoms with E-state index >= 15 is 0 Å². The summed E-state index contributed by atoms with van der Waals surface area (Å²) < 4.78 is 23.9. The van der Waals surface area contributed by atoms with Gasteiger partial charge in [-0.15, -0.1) is 0 Å². The minimum absolute atomic E-state index is 0.0338. The first-order valence-corrected chi connectivity index (χ1v) is 7.38. The Morgan fingerprint density at radius 2 is 2.11 bits per heavy atom. The van der Waals surface area contributed by atoms with E-state index < -0.39 is 21.5 Å². The van der Waals surface area contributed by atoms with E-state index in [0.717, 1.165) is 6.42 Å². The predicted octanol–water partition coefficient (Wildman–Crippen LogP) is 0.957. The molecule has 1 aromatic rings. The normalized spacial score (nSPS) is 13.0. The molecule has 100 valence electrons. The van der Waals surface area contributed by atoms with Crippen molar-refractivity contribution in [2.45, 2.75) is 31.2 Å². The highest BCUT2D eigenvalue weighted by Gasteiger charge is 2.20. The van der Waals surface area contributed by atoms with Crippen LogP contribution in [0, 0.1) is 0 Å². The van der Waals surface area contributed by atoms with E-state index in [1.807, 2.05) is 13.8 Å². The lowest BCUT2D eigenvalue weighted by Gasteiger charge is -2.11. The Morgan fingerprint density at radius 3 is 2.67 bits per heavy atom. The Labute approximate surface area is 107 Å². The van der Waals surface area contributed by atoms with Gasteiger partial charge in [-0.2, -0.15) is 0 Å². The Morgan fingerprint density at radius 1 is 1.44 bits per heavy atom. The molecule has 0 bridgehead atoms. The van der Waals surface area contributed by atoms with Crippen molar-refractivity contribution in [1.82, 2.24) is 5.32 Å². The number of hydrogen-bond donors (Lipinski definition) is 2. The Bertz CT molecular complexity index is 526. The van der Waals surface area contributed by atoms with Gasteiger partial charge in [-0.1, -0.05) is 13.0 Å². The lowest BCUT2D eigenvalue weighted by atomic mass is 10.3. The highest BCUT2D eigenvalue weighted by molar-refractivity contribution is 7.92. The lowest BCUT2D eigenvalue weighted by molar-refractivity contribution is -0.119. The van der Waals surface area contributed by atoms with E-state index in [1.54, 1.807) is 12.1 Å². The molecule has 1 unspecified atom stereocenters. The second-order valence-electron chi connectivity index (χ2n) is 4.21. The monoisotopic (exact) mass is 270 g/mol. The van der Waals surface area contributed by atoms with Gasteiger partial charge >= 0.3 is 0 Å². The number of carbonyl (C=O) groups is 1. The summed E-state index contributed by atoms with van der Waals surface area (Å²) in [6.07, 6.45) is 0.754. The van der Waals surface area contributed by atoms with Crippen LogP contribution in [0.1, 0.15) is 20.3 Å². The molecular formula is C12H18N2O3S. The van der Waals surface area contributed by atoms with E-state index in [9.17, 15) is 13.2 Å². The van der Waals surface area contributed by atoms with Gasteiger partial charge in [-0.3, -0.25) is 4.79 Å². The standard InChI is InChI=1S/C12H18N2O3S/c1-3-9(2)14-12(15)8-18(16,17)11-6-4-5-10(13)7-11/h4-7,9H,3,8,13H2,1-2H3,(H,14,15). The van der Waals surface area contributed by atoms with E-state index in [-0.39, 0.29) is 10.9 Å². The van der Waals surface area contributed by atoms with Crippen molar-refractivity contribution in [3.63, 3.8) is 0 Å². The van der Waals surface area contributed by atoms with Crippen LogP contribution in [-0.2, 0) is 14.6 Å². The molecule has 0 aliphatic heterocycles. The predicted molar refractivity (Wildman–Crippen MR) is 70.8 cm³/mol. The van der Waals surface area contributed by atoms with E-state index in [2.05, 4.69) is 5.32 Å². The van der Waals surface area contributed by atoms with Crippen molar-refractivity contribution in [3.8, 4) is 0 Å². The van der Waals surface area contributed by atoms with Gasteiger partial charge in [0.05, 0.1) is 4.90 Å². The van der Waals surface area contributed by atoms with Gasteiger partial charge in [0.25, 0.3) is 0 Å². The number of benzene rings is 1. The number of amides is 1. The first-order chi connectivity index (χ1) is 8.35. The van der Waals surface area contributed by atoms with Gasteiger partial charge in [0.1, 0.15) is 5.75 Å². The first kappa shape index (κ1) is 14.5. The number of nitrogens with one attached hydrogen (secondary N) is 1. The van der Waals surface area contributed by atoms with Crippen LogP contribution in [-0.4, -0.2) is 26.1 Å². The number of rotatable bonds is 5. The maximum absolute atomic E-state index is 11.9. The molecule has 0 heterocycles. The molecule has 0 spiro atoms. The summed E-state index contributed by atoms with van der Waals surface area (Å²) in [5.41, 5.74) is 5.88. The SMILES string of the molecule is CCC(C)NC(=O)CS(=O)(=O)c1cccc(N)c1. The van der Waals surface area contributed by atoms with Gasteiger partial charge in [0.2, 0.25) is 5.91 Å². The van der Waals surface area contributed by atoms with Crippen LogP contribution in [0.15, 0.2) is 29.2 Å². The molecule has 1 amide bonds. The van der Waals surface area contributed by atoms with Crippen LogP contribution in [0.2, 0.25) is 0 Å². The second kappa shape index (κ2) is 5.86. The molecule has 1 rings (SSSR count). The molecule has 18 heavy (non-hydrogen) atoms. The van der Waals surface area contributed by atoms with Gasteiger partial charge in [0, 0.05) is 11.7 Å². The Kier molecular flexibility index (Phi) is 4.72. The van der Waals surface area contributed by atoms with Crippen molar-refractivity contribution < 1.29 is 13.2 Å². The zero-order valence-corrected chi connectivity index (χ0v) is 11.3. The lowest BCUT2D eigenvalue weighted by Crippen LogP contribution is -2.36. The van der Waals surface area contributed by atoms with Crippen LogP contribution in [0.4, 0.5) is 5.69 Å². The number of anilines is 1. The smallest absolute Gasteiger partial charge is 0.235 e. The molecule has 5 nitrogen and oxygen atoms in total. The summed E-state index contributed by atoms with van der Waals surface area (Å²) in [6, 6.07) is 5.90. The van der Waals surface area contributed by atoms with Crippen LogP contribution in [0.25, 0.3) is 0 Å². The maximum atomic E-state index is 11.9. The van der Waals surface area contributed by atoms with E-state index in [4.69, 9.17) is 5.73 Å².